The van der Waals surface area contributed by atoms with Gasteiger partial charge in [-0.3, -0.25) is 0 Å². The average Bonchev–Trinajstić information content (AvgIpc) is 2.27. The van der Waals surface area contributed by atoms with Crippen LogP contribution in [0.1, 0.15) is 38.5 Å². The fraction of sp³-hybridized carbons (Fsp3) is 0.750. The molecule has 0 aromatic rings. The number of ether oxygens (including phenoxy) is 1. The minimum absolute atomic E-state index is 0.272. The Morgan fingerprint density at radius 2 is 2.00 bits per heavy atom. The van der Waals surface area contributed by atoms with Gasteiger partial charge in [0.2, 0.25) is 0 Å². The molecule has 3 heteroatoms. The van der Waals surface area contributed by atoms with Gasteiger partial charge in [0.05, 0.1) is 0 Å². The summed E-state index contributed by atoms with van der Waals surface area (Å²) in [4.78, 5) is 11.4. The van der Waals surface area contributed by atoms with Crippen LogP contribution in [-0.2, 0) is 9.53 Å². The third-order valence-electron chi connectivity index (χ3n) is 2.90. The summed E-state index contributed by atoms with van der Waals surface area (Å²) in [7, 11) is 0. The van der Waals surface area contributed by atoms with Crippen molar-refractivity contribution in [1.29, 1.82) is 0 Å². The maximum absolute atomic E-state index is 11.4. The monoisotopic (exact) mass is 211 g/mol. The highest BCUT2D eigenvalue weighted by atomic mass is 16.5. The predicted octanol–water partition coefficient (Wildman–Crippen LogP) is 2.01. The summed E-state index contributed by atoms with van der Waals surface area (Å²) in [5, 5.41) is 0. The predicted molar refractivity (Wildman–Crippen MR) is 60.3 cm³/mol. The molecule has 86 valence electrons. The highest BCUT2D eigenvalue weighted by Gasteiger charge is 2.17. The first-order valence-corrected chi connectivity index (χ1v) is 5.79. The molecule has 1 saturated carbocycles. The maximum atomic E-state index is 11.4. The lowest BCUT2D eigenvalue weighted by Gasteiger charge is -2.21. The van der Waals surface area contributed by atoms with Crippen LogP contribution in [0.3, 0.4) is 0 Å². The van der Waals surface area contributed by atoms with E-state index in [0.717, 1.165) is 6.42 Å². The van der Waals surface area contributed by atoms with Gasteiger partial charge in [0.15, 0.2) is 0 Å². The number of carbonyl (C=O) groups is 1. The van der Waals surface area contributed by atoms with Gasteiger partial charge in [-0.25, -0.2) is 4.79 Å². The van der Waals surface area contributed by atoms with Gasteiger partial charge < -0.3 is 10.5 Å². The number of hydrogen-bond acceptors (Lipinski definition) is 3. The van der Waals surface area contributed by atoms with Crippen LogP contribution in [-0.4, -0.2) is 19.1 Å². The molecule has 1 aliphatic carbocycles. The first-order chi connectivity index (χ1) is 7.24. The number of carbonyl (C=O) groups excluding carboxylic acids is 1. The normalized spacial score (nSPS) is 17.4. The third kappa shape index (κ3) is 4.47. The summed E-state index contributed by atoms with van der Waals surface area (Å²) in [5.74, 6) is 0.364. The fourth-order valence-electron chi connectivity index (χ4n) is 2.08. The third-order valence-corrected chi connectivity index (χ3v) is 2.90. The Labute approximate surface area is 91.7 Å². The van der Waals surface area contributed by atoms with E-state index in [-0.39, 0.29) is 5.97 Å². The molecule has 2 N–H and O–H groups in total. The highest BCUT2D eigenvalue weighted by molar-refractivity contribution is 5.87. The van der Waals surface area contributed by atoms with Crippen molar-refractivity contribution >= 4 is 5.97 Å². The van der Waals surface area contributed by atoms with E-state index >= 15 is 0 Å². The number of nitrogens with two attached hydrogens (primary N) is 1. The Balaban J connectivity index is 2.24. The molecule has 0 aliphatic heterocycles. The Hall–Kier alpha value is -0.830. The number of rotatable bonds is 5. The molecule has 0 radical (unpaired) electrons. The Kier molecular flexibility index (Phi) is 5.40. The van der Waals surface area contributed by atoms with E-state index in [1.54, 1.807) is 0 Å². The van der Waals surface area contributed by atoms with Crippen LogP contribution in [0.2, 0.25) is 0 Å². The summed E-state index contributed by atoms with van der Waals surface area (Å²) in [5.41, 5.74) is 5.86. The Morgan fingerprint density at radius 1 is 1.33 bits per heavy atom. The van der Waals surface area contributed by atoms with E-state index < -0.39 is 0 Å². The van der Waals surface area contributed by atoms with Crippen LogP contribution < -0.4 is 5.73 Å². The first kappa shape index (κ1) is 12.2. The molecule has 0 aromatic carbocycles. The Morgan fingerprint density at radius 3 is 2.60 bits per heavy atom. The molecule has 0 aromatic heterocycles. The molecule has 0 atom stereocenters. The smallest absolute Gasteiger partial charge is 0.333 e. The van der Waals surface area contributed by atoms with Crippen LogP contribution in [0.25, 0.3) is 0 Å². The molecule has 0 amide bonds. The van der Waals surface area contributed by atoms with E-state index in [2.05, 4.69) is 6.58 Å². The van der Waals surface area contributed by atoms with Gasteiger partial charge in [0.25, 0.3) is 0 Å². The van der Waals surface area contributed by atoms with E-state index in [1.807, 2.05) is 0 Å². The fourth-order valence-corrected chi connectivity index (χ4v) is 2.08. The molecule has 0 heterocycles. The van der Waals surface area contributed by atoms with Crippen molar-refractivity contribution in [3.63, 3.8) is 0 Å². The molecular weight excluding hydrogens is 190 g/mol. The zero-order valence-corrected chi connectivity index (χ0v) is 9.34. The minimum atomic E-state index is -0.272. The molecule has 0 bridgehead atoms. The van der Waals surface area contributed by atoms with E-state index in [1.165, 1.54) is 32.1 Å². The molecular formula is C12H21NO2. The molecule has 1 aliphatic rings. The van der Waals surface area contributed by atoms with E-state index in [9.17, 15) is 4.79 Å². The molecule has 1 rings (SSSR count). The average molecular weight is 211 g/mol. The van der Waals surface area contributed by atoms with Crippen molar-refractivity contribution in [2.45, 2.75) is 38.5 Å². The maximum Gasteiger partial charge on any atom is 0.333 e. The molecule has 0 saturated heterocycles. The summed E-state index contributed by atoms with van der Waals surface area (Å²) in [6, 6.07) is 0. The lowest BCUT2D eigenvalue weighted by molar-refractivity contribution is -0.139. The molecule has 1 fully saturated rings. The summed E-state index contributed by atoms with van der Waals surface area (Å²) in [6.45, 7) is 4.46. The van der Waals surface area contributed by atoms with Gasteiger partial charge in [0, 0.05) is 12.1 Å². The quantitative estimate of drug-likeness (QED) is 0.559. The Bertz CT molecular complexity index is 220. The van der Waals surface area contributed by atoms with E-state index in [0.29, 0.717) is 24.6 Å². The summed E-state index contributed by atoms with van der Waals surface area (Å²) < 4.78 is 4.93. The lowest BCUT2D eigenvalue weighted by Crippen LogP contribution is -2.17. The molecule has 15 heavy (non-hydrogen) atoms. The second-order valence-corrected chi connectivity index (χ2v) is 4.24. The van der Waals surface area contributed by atoms with Crippen LogP contribution in [0, 0.1) is 5.92 Å². The standard InChI is InChI=1S/C12H21NO2/c1-10(12(14)15-8-7-13)9-11-5-3-2-4-6-11/h11H,1-9,13H2. The zero-order valence-electron chi connectivity index (χ0n) is 9.34. The molecule has 3 nitrogen and oxygen atoms in total. The van der Waals surface area contributed by atoms with Crippen LogP contribution in [0.15, 0.2) is 12.2 Å². The van der Waals surface area contributed by atoms with Crippen molar-refractivity contribution in [2.75, 3.05) is 13.2 Å². The van der Waals surface area contributed by atoms with Crippen LogP contribution >= 0.6 is 0 Å². The SMILES string of the molecule is C=C(CC1CCCCC1)C(=O)OCCN. The zero-order chi connectivity index (χ0) is 11.1. The second-order valence-electron chi connectivity index (χ2n) is 4.24. The van der Waals surface area contributed by atoms with Crippen LogP contribution in [0.4, 0.5) is 0 Å². The van der Waals surface area contributed by atoms with E-state index in [4.69, 9.17) is 10.5 Å². The van der Waals surface area contributed by atoms with Gasteiger partial charge in [-0.15, -0.1) is 0 Å². The van der Waals surface area contributed by atoms with Crippen molar-refractivity contribution in [1.82, 2.24) is 0 Å². The number of hydrogen-bond donors (Lipinski definition) is 1. The lowest BCUT2D eigenvalue weighted by atomic mass is 9.85. The van der Waals surface area contributed by atoms with Gasteiger partial charge in [0.1, 0.15) is 6.61 Å². The van der Waals surface area contributed by atoms with Gasteiger partial charge in [-0.05, 0) is 12.3 Å². The highest BCUT2D eigenvalue weighted by Crippen LogP contribution is 2.28. The van der Waals surface area contributed by atoms with Gasteiger partial charge in [-0.1, -0.05) is 38.7 Å². The van der Waals surface area contributed by atoms with Crippen molar-refractivity contribution in [3.8, 4) is 0 Å². The first-order valence-electron chi connectivity index (χ1n) is 5.79. The van der Waals surface area contributed by atoms with Crippen molar-refractivity contribution in [3.05, 3.63) is 12.2 Å². The minimum Gasteiger partial charge on any atom is -0.461 e. The summed E-state index contributed by atoms with van der Waals surface area (Å²) >= 11 is 0. The van der Waals surface area contributed by atoms with Crippen molar-refractivity contribution in [2.24, 2.45) is 11.7 Å². The number of esters is 1. The van der Waals surface area contributed by atoms with Crippen molar-refractivity contribution < 1.29 is 9.53 Å². The van der Waals surface area contributed by atoms with Crippen LogP contribution in [0.5, 0.6) is 0 Å². The second kappa shape index (κ2) is 6.62. The van der Waals surface area contributed by atoms with Gasteiger partial charge >= 0.3 is 5.97 Å². The van der Waals surface area contributed by atoms with Gasteiger partial charge in [-0.2, -0.15) is 0 Å². The topological polar surface area (TPSA) is 52.3 Å². The molecule has 0 spiro atoms. The largest absolute Gasteiger partial charge is 0.461 e. The summed E-state index contributed by atoms with van der Waals surface area (Å²) in [6.07, 6.45) is 7.15. The molecule has 0 unspecified atom stereocenters.